The Kier molecular flexibility index (Phi) is 4.19. The maximum atomic E-state index is 5.83. The van der Waals surface area contributed by atoms with Gasteiger partial charge in [-0.2, -0.15) is 0 Å². The monoisotopic (exact) mass is 238 g/mol. The first kappa shape index (κ1) is 11.9. The third kappa shape index (κ3) is 3.46. The molecule has 0 aromatic carbocycles. The quantitative estimate of drug-likeness (QED) is 0.824. The van der Waals surface area contributed by atoms with Crippen LogP contribution in [0.15, 0.2) is 18.3 Å². The highest BCUT2D eigenvalue weighted by atomic mass is 35.5. The maximum Gasteiger partial charge on any atom is 0.0589 e. The fourth-order valence-corrected chi connectivity index (χ4v) is 2.10. The number of aromatic nitrogens is 1. The molecule has 1 saturated carbocycles. The Morgan fingerprint density at radius 3 is 2.88 bits per heavy atom. The fraction of sp³-hybridized carbons (Fsp3) is 0.615. The summed E-state index contributed by atoms with van der Waals surface area (Å²) >= 11 is 5.83. The summed E-state index contributed by atoms with van der Waals surface area (Å²) in [6, 6.07) is 4.56. The predicted octanol–water partition coefficient (Wildman–Crippen LogP) is 3.06. The Hall–Kier alpha value is -0.600. The lowest BCUT2D eigenvalue weighted by atomic mass is 10.1. The molecule has 1 atom stereocenters. The van der Waals surface area contributed by atoms with Crippen LogP contribution in [0.2, 0.25) is 5.02 Å². The first-order chi connectivity index (χ1) is 7.79. The molecule has 1 heterocycles. The van der Waals surface area contributed by atoms with Gasteiger partial charge in [0.1, 0.15) is 0 Å². The molecule has 88 valence electrons. The predicted molar refractivity (Wildman–Crippen MR) is 67.8 cm³/mol. The van der Waals surface area contributed by atoms with E-state index in [4.69, 9.17) is 11.6 Å². The Bertz CT molecular complexity index is 319. The molecule has 1 fully saturated rings. The molecule has 2 nitrogen and oxygen atoms in total. The molecule has 0 bridgehead atoms. The molecule has 1 aliphatic carbocycles. The van der Waals surface area contributed by atoms with Crippen LogP contribution < -0.4 is 5.32 Å². The highest BCUT2D eigenvalue weighted by molar-refractivity contribution is 6.30. The Morgan fingerprint density at radius 2 is 2.31 bits per heavy atom. The molecule has 1 aliphatic rings. The van der Waals surface area contributed by atoms with Crippen molar-refractivity contribution in [2.24, 2.45) is 5.92 Å². The zero-order valence-corrected chi connectivity index (χ0v) is 10.5. The summed E-state index contributed by atoms with van der Waals surface area (Å²) < 4.78 is 0. The largest absolute Gasteiger partial charge is 0.313 e. The van der Waals surface area contributed by atoms with Crippen LogP contribution in [0.5, 0.6) is 0 Å². The van der Waals surface area contributed by atoms with Gasteiger partial charge in [-0.25, -0.2) is 0 Å². The average Bonchev–Trinajstić information content (AvgIpc) is 3.11. The average molecular weight is 239 g/mol. The summed E-state index contributed by atoms with van der Waals surface area (Å²) in [7, 11) is 0. The third-order valence-corrected chi connectivity index (χ3v) is 3.29. The Balaban J connectivity index is 1.91. The summed E-state index contributed by atoms with van der Waals surface area (Å²) in [4.78, 5) is 4.36. The van der Waals surface area contributed by atoms with E-state index in [1.165, 1.54) is 19.3 Å². The van der Waals surface area contributed by atoms with Crippen LogP contribution in [-0.4, -0.2) is 17.6 Å². The Morgan fingerprint density at radius 1 is 1.50 bits per heavy atom. The van der Waals surface area contributed by atoms with Crippen LogP contribution in [0.3, 0.4) is 0 Å². The lowest BCUT2D eigenvalue weighted by Gasteiger charge is -2.17. The van der Waals surface area contributed by atoms with E-state index in [1.54, 1.807) is 6.20 Å². The molecule has 1 N–H and O–H groups in total. The molecule has 1 aromatic rings. The molecule has 0 saturated heterocycles. The topological polar surface area (TPSA) is 24.9 Å². The second-order valence-electron chi connectivity index (χ2n) is 4.57. The summed E-state index contributed by atoms with van der Waals surface area (Å²) in [6.07, 6.45) is 6.70. The van der Waals surface area contributed by atoms with Gasteiger partial charge in [0.25, 0.3) is 0 Å². The van der Waals surface area contributed by atoms with Crippen LogP contribution >= 0.6 is 11.6 Å². The Labute approximate surface area is 102 Å². The van der Waals surface area contributed by atoms with Crippen LogP contribution in [0.1, 0.15) is 31.9 Å². The van der Waals surface area contributed by atoms with Crippen molar-refractivity contribution in [1.29, 1.82) is 0 Å². The van der Waals surface area contributed by atoms with E-state index in [-0.39, 0.29) is 0 Å². The van der Waals surface area contributed by atoms with Gasteiger partial charge in [-0.15, -0.1) is 0 Å². The van der Waals surface area contributed by atoms with Gasteiger partial charge in [-0.1, -0.05) is 18.5 Å². The normalized spacial score (nSPS) is 17.4. The first-order valence-corrected chi connectivity index (χ1v) is 6.51. The zero-order chi connectivity index (χ0) is 11.4. The van der Waals surface area contributed by atoms with Gasteiger partial charge in [0, 0.05) is 24.4 Å². The van der Waals surface area contributed by atoms with E-state index in [2.05, 4.69) is 17.2 Å². The number of hydrogen-bond donors (Lipinski definition) is 1. The number of nitrogens with one attached hydrogen (secondary N) is 1. The minimum Gasteiger partial charge on any atom is -0.313 e. The molecule has 0 aliphatic heterocycles. The second-order valence-corrected chi connectivity index (χ2v) is 5.01. The van der Waals surface area contributed by atoms with Gasteiger partial charge in [0.05, 0.1) is 5.02 Å². The number of halogens is 1. The standard InChI is InChI=1S/C13H19ClN2/c1-2-7-15-13(10-3-4-10)8-12-6-5-11(14)9-16-12/h5-6,9-10,13,15H,2-4,7-8H2,1H3. The SMILES string of the molecule is CCCNC(Cc1ccc(Cl)cn1)C1CC1. The van der Waals surface area contributed by atoms with Crippen molar-refractivity contribution in [2.75, 3.05) is 6.54 Å². The molecule has 16 heavy (non-hydrogen) atoms. The van der Waals surface area contributed by atoms with Gasteiger partial charge in [-0.3, -0.25) is 4.98 Å². The minimum absolute atomic E-state index is 0.605. The summed E-state index contributed by atoms with van der Waals surface area (Å²) in [6.45, 7) is 3.31. The van der Waals surface area contributed by atoms with Crippen molar-refractivity contribution in [3.8, 4) is 0 Å². The van der Waals surface area contributed by atoms with Gasteiger partial charge in [-0.05, 0) is 43.9 Å². The molecule has 1 aromatic heterocycles. The van der Waals surface area contributed by atoms with Crippen molar-refractivity contribution in [3.63, 3.8) is 0 Å². The lowest BCUT2D eigenvalue weighted by molar-refractivity contribution is 0.456. The van der Waals surface area contributed by atoms with E-state index >= 15 is 0 Å². The van der Waals surface area contributed by atoms with E-state index in [1.807, 2.05) is 12.1 Å². The van der Waals surface area contributed by atoms with Gasteiger partial charge in [0.15, 0.2) is 0 Å². The fourth-order valence-electron chi connectivity index (χ4n) is 1.99. The summed E-state index contributed by atoms with van der Waals surface area (Å²) in [5.41, 5.74) is 1.14. The van der Waals surface area contributed by atoms with Crippen LogP contribution in [0.25, 0.3) is 0 Å². The van der Waals surface area contributed by atoms with Crippen molar-refractivity contribution in [1.82, 2.24) is 10.3 Å². The third-order valence-electron chi connectivity index (χ3n) is 3.07. The molecule has 3 heteroatoms. The highest BCUT2D eigenvalue weighted by Crippen LogP contribution is 2.33. The summed E-state index contributed by atoms with van der Waals surface area (Å²) in [5.74, 6) is 0.865. The number of nitrogens with zero attached hydrogens (tertiary/aromatic N) is 1. The molecule has 1 unspecified atom stereocenters. The van der Waals surface area contributed by atoms with Crippen molar-refractivity contribution >= 4 is 11.6 Å². The number of rotatable bonds is 6. The summed E-state index contributed by atoms with van der Waals surface area (Å²) in [5, 5.41) is 4.34. The van der Waals surface area contributed by atoms with Gasteiger partial charge >= 0.3 is 0 Å². The van der Waals surface area contributed by atoms with Gasteiger partial charge < -0.3 is 5.32 Å². The van der Waals surface area contributed by atoms with Crippen molar-refractivity contribution in [3.05, 3.63) is 29.0 Å². The number of pyridine rings is 1. The van der Waals surface area contributed by atoms with Crippen LogP contribution in [0.4, 0.5) is 0 Å². The van der Waals surface area contributed by atoms with E-state index in [0.717, 1.165) is 24.6 Å². The van der Waals surface area contributed by atoms with E-state index < -0.39 is 0 Å². The van der Waals surface area contributed by atoms with Crippen LogP contribution in [0, 0.1) is 5.92 Å². The highest BCUT2D eigenvalue weighted by Gasteiger charge is 2.30. The maximum absolute atomic E-state index is 5.83. The van der Waals surface area contributed by atoms with Crippen molar-refractivity contribution in [2.45, 2.75) is 38.6 Å². The van der Waals surface area contributed by atoms with E-state index in [0.29, 0.717) is 11.1 Å². The minimum atomic E-state index is 0.605. The molecular formula is C13H19ClN2. The molecule has 0 radical (unpaired) electrons. The van der Waals surface area contributed by atoms with Gasteiger partial charge in [0.2, 0.25) is 0 Å². The van der Waals surface area contributed by atoms with Crippen LogP contribution in [-0.2, 0) is 6.42 Å². The molecular weight excluding hydrogens is 220 g/mol. The first-order valence-electron chi connectivity index (χ1n) is 6.13. The number of hydrogen-bond acceptors (Lipinski definition) is 2. The molecule has 2 rings (SSSR count). The molecule has 0 amide bonds. The lowest BCUT2D eigenvalue weighted by Crippen LogP contribution is -2.33. The zero-order valence-electron chi connectivity index (χ0n) is 9.75. The molecule has 0 spiro atoms. The van der Waals surface area contributed by atoms with Crippen molar-refractivity contribution < 1.29 is 0 Å². The second kappa shape index (κ2) is 5.65. The smallest absolute Gasteiger partial charge is 0.0589 e. The van der Waals surface area contributed by atoms with E-state index in [9.17, 15) is 0 Å².